The highest BCUT2D eigenvalue weighted by Crippen LogP contribution is 2.28. The molecule has 8 heteroatoms. The number of fused-ring (bicyclic) bond motifs is 1. The fourth-order valence-corrected chi connectivity index (χ4v) is 3.71. The first kappa shape index (κ1) is 16.0. The smallest absolute Gasteiger partial charge is 0.349 e. The van der Waals surface area contributed by atoms with Crippen molar-refractivity contribution in [3.05, 3.63) is 56.8 Å². The van der Waals surface area contributed by atoms with Crippen LogP contribution in [0.1, 0.15) is 46.3 Å². The van der Waals surface area contributed by atoms with Crippen LogP contribution in [0.3, 0.4) is 0 Å². The second kappa shape index (κ2) is 6.45. The van der Waals surface area contributed by atoms with Crippen molar-refractivity contribution in [2.24, 2.45) is 0 Å². The molecule has 3 aromatic rings. The van der Waals surface area contributed by atoms with Gasteiger partial charge < -0.3 is 14.5 Å². The van der Waals surface area contributed by atoms with Crippen LogP contribution in [0.5, 0.6) is 0 Å². The lowest BCUT2D eigenvalue weighted by atomic mass is 10.1. The Labute approximate surface area is 147 Å². The predicted molar refractivity (Wildman–Crippen MR) is 91.9 cm³/mol. The maximum atomic E-state index is 12.4. The van der Waals surface area contributed by atoms with E-state index in [9.17, 15) is 9.59 Å². The SMILES string of the molecule is Cc1cc(C2CCCO2)oc(=O)c1C(=O)NCc1cn2ccsc2n1. The Bertz CT molecular complexity index is 953. The number of thiazole rings is 1. The highest BCUT2D eigenvalue weighted by molar-refractivity contribution is 7.15. The van der Waals surface area contributed by atoms with E-state index < -0.39 is 11.5 Å². The third kappa shape index (κ3) is 3.10. The molecule has 1 N–H and O–H groups in total. The second-order valence-electron chi connectivity index (χ2n) is 6.00. The summed E-state index contributed by atoms with van der Waals surface area (Å²) in [5.74, 6) is 0.0346. The number of aromatic nitrogens is 2. The molecule has 0 spiro atoms. The largest absolute Gasteiger partial charge is 0.424 e. The van der Waals surface area contributed by atoms with Crippen molar-refractivity contribution >= 4 is 22.2 Å². The summed E-state index contributed by atoms with van der Waals surface area (Å²) in [5.41, 5.74) is 0.722. The molecular formula is C17H17N3O4S. The van der Waals surface area contributed by atoms with Gasteiger partial charge in [0.1, 0.15) is 17.4 Å². The maximum Gasteiger partial charge on any atom is 0.349 e. The molecule has 7 nitrogen and oxygen atoms in total. The van der Waals surface area contributed by atoms with Crippen LogP contribution in [-0.4, -0.2) is 21.9 Å². The Kier molecular flexibility index (Phi) is 4.14. The molecule has 1 amide bonds. The number of rotatable bonds is 4. The summed E-state index contributed by atoms with van der Waals surface area (Å²) in [6.07, 6.45) is 5.33. The molecule has 1 aliphatic heterocycles. The fraction of sp³-hybridized carbons (Fsp3) is 0.353. The molecule has 25 heavy (non-hydrogen) atoms. The summed E-state index contributed by atoms with van der Waals surface area (Å²) >= 11 is 1.52. The van der Waals surface area contributed by atoms with E-state index in [1.165, 1.54) is 11.3 Å². The number of carbonyl (C=O) groups is 1. The van der Waals surface area contributed by atoms with Gasteiger partial charge in [-0.05, 0) is 31.4 Å². The molecule has 1 saturated heterocycles. The molecule has 1 fully saturated rings. The minimum atomic E-state index is -0.631. The number of hydrogen-bond acceptors (Lipinski definition) is 6. The van der Waals surface area contributed by atoms with Gasteiger partial charge in [0.15, 0.2) is 4.96 Å². The third-order valence-corrected chi connectivity index (χ3v) is 4.99. The van der Waals surface area contributed by atoms with Crippen molar-refractivity contribution in [3.63, 3.8) is 0 Å². The van der Waals surface area contributed by atoms with Gasteiger partial charge in [-0.2, -0.15) is 0 Å². The number of aryl methyl sites for hydroxylation is 1. The second-order valence-corrected chi connectivity index (χ2v) is 6.88. The van der Waals surface area contributed by atoms with Gasteiger partial charge in [-0.15, -0.1) is 11.3 Å². The van der Waals surface area contributed by atoms with Crippen LogP contribution in [0.15, 0.2) is 33.1 Å². The summed E-state index contributed by atoms with van der Waals surface area (Å²) in [6.45, 7) is 2.65. The number of imidazole rings is 1. The quantitative estimate of drug-likeness (QED) is 0.773. The predicted octanol–water partition coefficient (Wildman–Crippen LogP) is 2.44. The van der Waals surface area contributed by atoms with E-state index in [-0.39, 0.29) is 18.2 Å². The molecular weight excluding hydrogens is 342 g/mol. The van der Waals surface area contributed by atoms with Crippen molar-refractivity contribution in [3.8, 4) is 0 Å². The summed E-state index contributed by atoms with van der Waals surface area (Å²) < 4.78 is 12.7. The van der Waals surface area contributed by atoms with E-state index in [0.717, 1.165) is 23.5 Å². The average molecular weight is 359 g/mol. The molecule has 3 aromatic heterocycles. The minimum Gasteiger partial charge on any atom is -0.424 e. The number of ether oxygens (including phenoxy) is 1. The molecule has 4 heterocycles. The zero-order chi connectivity index (χ0) is 17.4. The van der Waals surface area contributed by atoms with Crippen molar-refractivity contribution in [2.75, 3.05) is 6.61 Å². The van der Waals surface area contributed by atoms with E-state index in [1.807, 2.05) is 22.2 Å². The number of amides is 1. The Balaban J connectivity index is 1.51. The Morgan fingerprint density at radius 3 is 3.12 bits per heavy atom. The third-order valence-electron chi connectivity index (χ3n) is 4.22. The van der Waals surface area contributed by atoms with Gasteiger partial charge in [-0.25, -0.2) is 9.78 Å². The molecule has 1 atom stereocenters. The van der Waals surface area contributed by atoms with Crippen LogP contribution in [0.2, 0.25) is 0 Å². The average Bonchev–Trinajstić information content (AvgIpc) is 3.29. The number of carbonyl (C=O) groups excluding carboxylic acids is 1. The van der Waals surface area contributed by atoms with Crippen LogP contribution >= 0.6 is 11.3 Å². The van der Waals surface area contributed by atoms with Crippen molar-refractivity contribution in [2.45, 2.75) is 32.4 Å². The normalized spacial score (nSPS) is 17.2. The number of nitrogens with one attached hydrogen (secondary N) is 1. The Hall–Kier alpha value is -2.45. The molecule has 4 rings (SSSR count). The van der Waals surface area contributed by atoms with Crippen LogP contribution < -0.4 is 10.9 Å². The van der Waals surface area contributed by atoms with Crippen molar-refractivity contribution in [1.82, 2.24) is 14.7 Å². The summed E-state index contributed by atoms with van der Waals surface area (Å²) in [4.78, 5) is 29.9. The lowest BCUT2D eigenvalue weighted by molar-refractivity contribution is 0.0882. The zero-order valence-corrected chi connectivity index (χ0v) is 14.5. The summed E-state index contributed by atoms with van der Waals surface area (Å²) in [5, 5.41) is 4.67. The van der Waals surface area contributed by atoms with Gasteiger partial charge in [0.25, 0.3) is 5.91 Å². The zero-order valence-electron chi connectivity index (χ0n) is 13.7. The van der Waals surface area contributed by atoms with Gasteiger partial charge in [0.2, 0.25) is 0 Å². The minimum absolute atomic E-state index is 0.0303. The van der Waals surface area contributed by atoms with Gasteiger partial charge in [-0.3, -0.25) is 9.20 Å². The van der Waals surface area contributed by atoms with Gasteiger partial charge in [-0.1, -0.05) is 0 Å². The molecule has 0 bridgehead atoms. The topological polar surface area (TPSA) is 85.8 Å². The maximum absolute atomic E-state index is 12.4. The first-order valence-electron chi connectivity index (χ1n) is 8.07. The first-order valence-corrected chi connectivity index (χ1v) is 8.95. The van der Waals surface area contributed by atoms with E-state index in [0.29, 0.717) is 17.9 Å². The van der Waals surface area contributed by atoms with E-state index >= 15 is 0 Å². The monoisotopic (exact) mass is 359 g/mol. The molecule has 0 aromatic carbocycles. The molecule has 1 aliphatic rings. The first-order chi connectivity index (χ1) is 12.1. The van der Waals surface area contributed by atoms with Gasteiger partial charge in [0.05, 0.1) is 12.2 Å². The molecule has 1 unspecified atom stereocenters. The van der Waals surface area contributed by atoms with E-state index in [4.69, 9.17) is 9.15 Å². The molecule has 0 radical (unpaired) electrons. The standard InChI is InChI=1S/C17H17N3O4S/c1-10-7-13(12-3-2-5-23-12)24-16(22)14(10)15(21)18-8-11-9-20-4-6-25-17(20)19-11/h4,6-7,9,12H,2-3,5,8H2,1H3,(H,18,21). The van der Waals surface area contributed by atoms with Crippen molar-refractivity contribution < 1.29 is 13.9 Å². The summed E-state index contributed by atoms with van der Waals surface area (Å²) in [6, 6.07) is 1.72. The highest BCUT2D eigenvalue weighted by atomic mass is 32.1. The highest BCUT2D eigenvalue weighted by Gasteiger charge is 2.24. The van der Waals surface area contributed by atoms with Crippen LogP contribution in [0.25, 0.3) is 4.96 Å². The van der Waals surface area contributed by atoms with E-state index in [2.05, 4.69) is 10.3 Å². The van der Waals surface area contributed by atoms with Crippen LogP contribution in [0.4, 0.5) is 0 Å². The fourth-order valence-electron chi connectivity index (χ4n) is 2.99. The van der Waals surface area contributed by atoms with E-state index in [1.54, 1.807) is 13.0 Å². The van der Waals surface area contributed by atoms with Gasteiger partial charge >= 0.3 is 5.63 Å². The molecule has 0 saturated carbocycles. The van der Waals surface area contributed by atoms with Crippen molar-refractivity contribution in [1.29, 1.82) is 0 Å². The summed E-state index contributed by atoms with van der Waals surface area (Å²) in [7, 11) is 0. The Morgan fingerprint density at radius 2 is 2.40 bits per heavy atom. The number of hydrogen-bond donors (Lipinski definition) is 1. The molecule has 0 aliphatic carbocycles. The molecule has 130 valence electrons. The lowest BCUT2D eigenvalue weighted by Crippen LogP contribution is -2.29. The number of nitrogens with zero attached hydrogens (tertiary/aromatic N) is 2. The lowest BCUT2D eigenvalue weighted by Gasteiger charge is -2.11. The van der Waals surface area contributed by atoms with Crippen LogP contribution in [-0.2, 0) is 11.3 Å². The van der Waals surface area contributed by atoms with Crippen LogP contribution in [0, 0.1) is 6.92 Å². The Morgan fingerprint density at radius 1 is 1.52 bits per heavy atom. The van der Waals surface area contributed by atoms with Gasteiger partial charge in [0, 0.05) is 24.4 Å².